The van der Waals surface area contributed by atoms with Gasteiger partial charge in [0.15, 0.2) is 6.10 Å². The average Bonchev–Trinajstić information content (AvgIpc) is 3.19. The van der Waals surface area contributed by atoms with Crippen LogP contribution in [0.3, 0.4) is 0 Å². The number of hydrogen-bond acceptors (Lipinski definition) is 6. The third-order valence-electron chi connectivity index (χ3n) is 10.7. The van der Waals surface area contributed by atoms with Gasteiger partial charge in [-0.25, -0.2) is 0 Å². The first kappa shape index (κ1) is 53.9. The van der Waals surface area contributed by atoms with E-state index in [1.807, 2.05) is 0 Å². The van der Waals surface area contributed by atoms with Crippen LogP contribution in [-0.2, 0) is 28.6 Å². The highest BCUT2D eigenvalue weighted by Gasteiger charge is 2.19. The molecule has 0 rings (SSSR count). The summed E-state index contributed by atoms with van der Waals surface area (Å²) in [6, 6.07) is 0. The van der Waals surface area contributed by atoms with Gasteiger partial charge in [-0.1, -0.05) is 193 Å². The zero-order chi connectivity index (χ0) is 40.8. The van der Waals surface area contributed by atoms with Gasteiger partial charge in [0.25, 0.3) is 0 Å². The number of hydrogen-bond donors (Lipinski definition) is 0. The van der Waals surface area contributed by atoms with E-state index in [4.69, 9.17) is 14.2 Å². The fourth-order valence-corrected chi connectivity index (χ4v) is 6.96. The minimum absolute atomic E-state index is 0.0733. The number of allylic oxidation sites excluding steroid dienone is 4. The zero-order valence-corrected chi connectivity index (χ0v) is 37.4. The Morgan fingerprint density at radius 1 is 0.339 bits per heavy atom. The van der Waals surface area contributed by atoms with Gasteiger partial charge in [-0.05, 0) is 70.6 Å². The molecule has 56 heavy (non-hydrogen) atoms. The predicted octanol–water partition coefficient (Wildman–Crippen LogP) is 15.6. The van der Waals surface area contributed by atoms with E-state index in [0.29, 0.717) is 19.3 Å². The predicted molar refractivity (Wildman–Crippen MR) is 238 cm³/mol. The van der Waals surface area contributed by atoms with Crippen molar-refractivity contribution in [1.29, 1.82) is 0 Å². The molecule has 0 aliphatic heterocycles. The first-order valence-electron chi connectivity index (χ1n) is 24.3. The van der Waals surface area contributed by atoms with E-state index in [0.717, 1.165) is 64.2 Å². The number of esters is 3. The fraction of sp³-hybridized carbons (Fsp3) is 0.860. The SMILES string of the molecule is CCCCC/C=C\CCCCCCCC(=O)O[C@@H](COC(=O)CCCCCCCCC/C=C\CCCCCCCC)COC(=O)CCCCCCCCCCC. The van der Waals surface area contributed by atoms with Crippen molar-refractivity contribution in [2.24, 2.45) is 0 Å². The Bertz CT molecular complexity index is 911. The van der Waals surface area contributed by atoms with Gasteiger partial charge in [-0.3, -0.25) is 14.4 Å². The summed E-state index contributed by atoms with van der Waals surface area (Å²) in [5.74, 6) is -0.882. The molecule has 328 valence electrons. The van der Waals surface area contributed by atoms with Crippen LogP contribution < -0.4 is 0 Å². The van der Waals surface area contributed by atoms with Gasteiger partial charge in [0.2, 0.25) is 0 Å². The van der Waals surface area contributed by atoms with Crippen LogP contribution in [0.15, 0.2) is 24.3 Å². The van der Waals surface area contributed by atoms with E-state index in [-0.39, 0.29) is 31.1 Å². The van der Waals surface area contributed by atoms with E-state index in [9.17, 15) is 14.4 Å². The number of unbranched alkanes of at least 4 members (excludes halogenated alkanes) is 29. The summed E-state index contributed by atoms with van der Waals surface area (Å²) in [6.07, 6.45) is 50.2. The minimum atomic E-state index is -0.770. The normalized spacial score (nSPS) is 12.1. The van der Waals surface area contributed by atoms with E-state index >= 15 is 0 Å². The van der Waals surface area contributed by atoms with E-state index < -0.39 is 6.10 Å². The fourth-order valence-electron chi connectivity index (χ4n) is 6.96. The molecule has 0 saturated carbocycles. The highest BCUT2D eigenvalue weighted by molar-refractivity contribution is 5.71. The topological polar surface area (TPSA) is 78.9 Å². The molecule has 0 aromatic rings. The lowest BCUT2D eigenvalue weighted by Crippen LogP contribution is -2.30. The molecular weight excluding hydrogens is 697 g/mol. The smallest absolute Gasteiger partial charge is 0.306 e. The third kappa shape index (κ3) is 43.0. The van der Waals surface area contributed by atoms with Crippen molar-refractivity contribution in [1.82, 2.24) is 0 Å². The highest BCUT2D eigenvalue weighted by atomic mass is 16.6. The van der Waals surface area contributed by atoms with E-state index in [1.165, 1.54) is 154 Å². The Morgan fingerprint density at radius 3 is 0.929 bits per heavy atom. The summed E-state index contributed by atoms with van der Waals surface area (Å²) in [5, 5.41) is 0. The molecule has 0 unspecified atom stereocenters. The van der Waals surface area contributed by atoms with Crippen LogP contribution in [0.4, 0.5) is 0 Å². The zero-order valence-electron chi connectivity index (χ0n) is 37.4. The van der Waals surface area contributed by atoms with E-state index in [2.05, 4.69) is 45.1 Å². The molecule has 0 aliphatic carbocycles. The van der Waals surface area contributed by atoms with Crippen LogP contribution in [-0.4, -0.2) is 37.2 Å². The molecule has 0 bridgehead atoms. The van der Waals surface area contributed by atoms with Gasteiger partial charge >= 0.3 is 17.9 Å². The van der Waals surface area contributed by atoms with Gasteiger partial charge in [-0.15, -0.1) is 0 Å². The summed E-state index contributed by atoms with van der Waals surface area (Å²) < 4.78 is 16.7. The summed E-state index contributed by atoms with van der Waals surface area (Å²) in [6.45, 7) is 6.59. The Morgan fingerprint density at radius 2 is 0.589 bits per heavy atom. The first-order chi connectivity index (χ1) is 27.5. The van der Waals surface area contributed by atoms with Gasteiger partial charge < -0.3 is 14.2 Å². The second-order valence-electron chi connectivity index (χ2n) is 16.4. The molecule has 0 heterocycles. The van der Waals surface area contributed by atoms with Crippen LogP contribution in [0.1, 0.15) is 258 Å². The molecule has 0 radical (unpaired) electrons. The maximum Gasteiger partial charge on any atom is 0.306 e. The monoisotopic (exact) mass is 789 g/mol. The summed E-state index contributed by atoms with van der Waals surface area (Å²) in [4.78, 5) is 37.7. The second kappa shape index (κ2) is 45.6. The van der Waals surface area contributed by atoms with Crippen molar-refractivity contribution >= 4 is 17.9 Å². The molecule has 0 saturated heterocycles. The van der Waals surface area contributed by atoms with Crippen LogP contribution in [0.25, 0.3) is 0 Å². The van der Waals surface area contributed by atoms with Gasteiger partial charge in [-0.2, -0.15) is 0 Å². The molecule has 1 atom stereocenters. The maximum atomic E-state index is 12.7. The number of carbonyl (C=O) groups is 3. The van der Waals surface area contributed by atoms with Gasteiger partial charge in [0, 0.05) is 19.3 Å². The molecule has 0 amide bonds. The lowest BCUT2D eigenvalue weighted by atomic mass is 10.1. The van der Waals surface area contributed by atoms with Gasteiger partial charge in [0.05, 0.1) is 0 Å². The number of carbonyl (C=O) groups excluding carboxylic acids is 3. The first-order valence-corrected chi connectivity index (χ1v) is 24.3. The lowest BCUT2D eigenvalue weighted by Gasteiger charge is -2.18. The summed E-state index contributed by atoms with van der Waals surface area (Å²) in [7, 11) is 0. The Kier molecular flexibility index (Phi) is 43.9. The molecule has 0 fully saturated rings. The average molecular weight is 789 g/mol. The molecule has 0 aromatic heterocycles. The van der Waals surface area contributed by atoms with Crippen molar-refractivity contribution in [3.8, 4) is 0 Å². The lowest BCUT2D eigenvalue weighted by molar-refractivity contribution is -0.167. The van der Waals surface area contributed by atoms with Crippen molar-refractivity contribution in [2.45, 2.75) is 264 Å². The van der Waals surface area contributed by atoms with Crippen LogP contribution in [0.2, 0.25) is 0 Å². The second-order valence-corrected chi connectivity index (χ2v) is 16.4. The highest BCUT2D eigenvalue weighted by Crippen LogP contribution is 2.14. The molecule has 6 nitrogen and oxygen atoms in total. The molecule has 0 aromatic carbocycles. The van der Waals surface area contributed by atoms with E-state index in [1.54, 1.807) is 0 Å². The van der Waals surface area contributed by atoms with Crippen molar-refractivity contribution in [3.05, 3.63) is 24.3 Å². The largest absolute Gasteiger partial charge is 0.462 e. The molecule has 0 aliphatic rings. The van der Waals surface area contributed by atoms with Crippen LogP contribution in [0, 0.1) is 0 Å². The van der Waals surface area contributed by atoms with Crippen molar-refractivity contribution < 1.29 is 28.6 Å². The Labute approximate surface area is 347 Å². The van der Waals surface area contributed by atoms with Crippen LogP contribution in [0.5, 0.6) is 0 Å². The maximum absolute atomic E-state index is 12.7. The third-order valence-corrected chi connectivity index (χ3v) is 10.7. The summed E-state index contributed by atoms with van der Waals surface area (Å²) >= 11 is 0. The molecular formula is C50H92O6. The quantitative estimate of drug-likeness (QED) is 0.0265. The van der Waals surface area contributed by atoms with Crippen molar-refractivity contribution in [2.75, 3.05) is 13.2 Å². The van der Waals surface area contributed by atoms with Crippen LogP contribution >= 0.6 is 0 Å². The minimum Gasteiger partial charge on any atom is -0.462 e. The summed E-state index contributed by atoms with van der Waals surface area (Å²) in [5.41, 5.74) is 0. The number of rotatable bonds is 44. The molecule has 0 spiro atoms. The Hall–Kier alpha value is -2.11. The standard InChI is InChI=1S/C50H92O6/c1-4-7-10-13-16-19-21-23-24-25-26-27-29-31-34-37-40-43-49(52)55-46-47(45-54-48(51)42-39-36-33-30-18-15-12-9-6-3)56-50(53)44-41-38-35-32-28-22-20-17-14-11-8-5-2/h17,20,23-24,47H,4-16,18-19,21-22,25-46H2,1-3H3/b20-17-,24-23-/t47-/m1/s1. The Balaban J connectivity index is 4.30. The molecule has 6 heteroatoms. The van der Waals surface area contributed by atoms with Crippen molar-refractivity contribution in [3.63, 3.8) is 0 Å². The number of ether oxygens (including phenoxy) is 3. The van der Waals surface area contributed by atoms with Gasteiger partial charge in [0.1, 0.15) is 13.2 Å². The molecule has 0 N–H and O–H groups in total.